The van der Waals surface area contributed by atoms with Crippen molar-refractivity contribution in [2.75, 3.05) is 5.75 Å². The molecule has 4 atom stereocenters. The molecule has 1 heterocycles. The summed E-state index contributed by atoms with van der Waals surface area (Å²) in [6.45, 7) is 3.69. The van der Waals surface area contributed by atoms with Crippen molar-refractivity contribution >= 4 is 41.4 Å². The van der Waals surface area contributed by atoms with Gasteiger partial charge in [-0.2, -0.15) is 10.5 Å². The Morgan fingerprint density at radius 1 is 1.00 bits per heavy atom. The molecule has 152 valence electrons. The Labute approximate surface area is 176 Å². The lowest BCUT2D eigenvalue weighted by molar-refractivity contribution is -0.180. The lowest BCUT2D eigenvalue weighted by Crippen LogP contribution is -2.53. The van der Waals surface area contributed by atoms with Gasteiger partial charge < -0.3 is 14.2 Å². The maximum Gasteiger partial charge on any atom is 0.303 e. The number of ether oxygens (including phenoxy) is 3. The lowest BCUT2D eigenvalue weighted by atomic mass is 10.1. The maximum absolute atomic E-state index is 11.7. The third kappa shape index (κ3) is 6.14. The van der Waals surface area contributed by atoms with Crippen LogP contribution in [0.25, 0.3) is 0 Å². The molecule has 0 aromatic heterocycles. The van der Waals surface area contributed by atoms with Gasteiger partial charge in [-0.25, -0.2) is 0 Å². The molecule has 1 aromatic carbocycles. The first-order valence-electron chi connectivity index (χ1n) is 8.49. The van der Waals surface area contributed by atoms with E-state index in [1.165, 1.54) is 50.4 Å². The molecule has 8 nitrogen and oxygen atoms in total. The molecule has 1 aliphatic heterocycles. The topological polar surface area (TPSA) is 126 Å². The van der Waals surface area contributed by atoms with Gasteiger partial charge in [-0.3, -0.25) is 14.4 Å². The summed E-state index contributed by atoms with van der Waals surface area (Å²) in [5, 5.41) is 18.4. The Balaban J connectivity index is 2.36. The number of carbonyl (C=O) groups is 3. The van der Waals surface area contributed by atoms with Crippen LogP contribution in [0.15, 0.2) is 23.1 Å². The quantitative estimate of drug-likeness (QED) is 0.503. The van der Waals surface area contributed by atoms with E-state index >= 15 is 0 Å². The minimum Gasteiger partial charge on any atom is -0.458 e. The van der Waals surface area contributed by atoms with Crippen LogP contribution in [0.4, 0.5) is 0 Å². The SMILES string of the molecule is CC(=O)O[C@@H]1[C@@H](OC(C)=O)[C@H](Sc2ccc(C#N)cc2C#N)SC[C@H]1OC(C)=O. The fourth-order valence-electron chi connectivity index (χ4n) is 2.72. The summed E-state index contributed by atoms with van der Waals surface area (Å²) in [5.74, 6) is -1.41. The Bertz CT molecular complexity index is 892. The smallest absolute Gasteiger partial charge is 0.303 e. The fraction of sp³-hybridized carbons (Fsp3) is 0.421. The second-order valence-electron chi connectivity index (χ2n) is 6.05. The summed E-state index contributed by atoms with van der Waals surface area (Å²) >= 11 is 2.62. The van der Waals surface area contributed by atoms with Crippen LogP contribution < -0.4 is 0 Å². The molecule has 29 heavy (non-hydrogen) atoms. The van der Waals surface area contributed by atoms with Crippen LogP contribution in [-0.2, 0) is 28.6 Å². The van der Waals surface area contributed by atoms with E-state index in [-0.39, 0.29) is 0 Å². The van der Waals surface area contributed by atoms with Crippen LogP contribution in [0, 0.1) is 22.7 Å². The average molecular weight is 434 g/mol. The molecule has 0 N–H and O–H groups in total. The van der Waals surface area contributed by atoms with E-state index in [9.17, 15) is 19.6 Å². The van der Waals surface area contributed by atoms with Crippen molar-refractivity contribution in [3.8, 4) is 12.1 Å². The molecule has 0 saturated carbocycles. The number of hydrogen-bond acceptors (Lipinski definition) is 10. The minimum absolute atomic E-state index is 0.308. The van der Waals surface area contributed by atoms with Gasteiger partial charge in [0.25, 0.3) is 0 Å². The number of hydrogen-bond donors (Lipinski definition) is 0. The number of carbonyl (C=O) groups excluding carboxylic acids is 3. The second kappa shape index (κ2) is 10.2. The van der Waals surface area contributed by atoms with E-state index in [0.29, 0.717) is 21.8 Å². The number of esters is 3. The molecular formula is C19H18N2O6S2. The molecule has 0 radical (unpaired) electrons. The highest BCUT2D eigenvalue weighted by atomic mass is 32.2. The summed E-state index contributed by atoms with van der Waals surface area (Å²) in [5.41, 5.74) is 0.661. The first-order chi connectivity index (χ1) is 13.7. The number of benzene rings is 1. The van der Waals surface area contributed by atoms with E-state index in [1.54, 1.807) is 12.1 Å². The van der Waals surface area contributed by atoms with Crippen molar-refractivity contribution in [3.05, 3.63) is 29.3 Å². The summed E-state index contributed by atoms with van der Waals surface area (Å²) in [4.78, 5) is 35.4. The standard InChI is InChI=1S/C19H18N2O6S2/c1-10(22)25-15-9-28-19(18(27-12(3)24)17(15)26-11(2)23)29-16-5-4-13(7-20)6-14(16)8-21/h4-6,15,17-19H,9H2,1-3H3/t15-,17+,18-,19+/m1/s1. The van der Waals surface area contributed by atoms with Gasteiger partial charge in [-0.05, 0) is 18.2 Å². The van der Waals surface area contributed by atoms with Gasteiger partial charge >= 0.3 is 17.9 Å². The van der Waals surface area contributed by atoms with Gasteiger partial charge in [0.1, 0.15) is 6.07 Å². The van der Waals surface area contributed by atoms with Crippen LogP contribution in [0.3, 0.4) is 0 Å². The molecule has 0 spiro atoms. The van der Waals surface area contributed by atoms with Crippen molar-refractivity contribution in [3.63, 3.8) is 0 Å². The van der Waals surface area contributed by atoms with Crippen molar-refractivity contribution < 1.29 is 28.6 Å². The molecule has 1 aliphatic rings. The van der Waals surface area contributed by atoms with Gasteiger partial charge in [0.2, 0.25) is 0 Å². The number of thioether (sulfide) groups is 2. The fourth-order valence-corrected chi connectivity index (χ4v) is 5.55. The van der Waals surface area contributed by atoms with Crippen LogP contribution in [-0.4, -0.2) is 46.6 Å². The Hall–Kier alpha value is -2.69. The van der Waals surface area contributed by atoms with Gasteiger partial charge in [0, 0.05) is 31.4 Å². The molecule has 0 aliphatic carbocycles. The molecular weight excluding hydrogens is 416 g/mol. The predicted octanol–water partition coefficient (Wildman–Crippen LogP) is 2.39. The highest BCUT2D eigenvalue weighted by Gasteiger charge is 2.46. The molecule has 2 rings (SSSR count). The van der Waals surface area contributed by atoms with E-state index in [0.717, 1.165) is 0 Å². The van der Waals surface area contributed by atoms with E-state index < -0.39 is 40.8 Å². The normalized spacial score (nSPS) is 23.2. The molecule has 1 fully saturated rings. The second-order valence-corrected chi connectivity index (χ2v) is 8.71. The molecule has 0 amide bonds. The maximum atomic E-state index is 11.7. The largest absolute Gasteiger partial charge is 0.458 e. The monoisotopic (exact) mass is 434 g/mol. The van der Waals surface area contributed by atoms with Gasteiger partial charge in [-0.15, -0.1) is 23.5 Å². The van der Waals surface area contributed by atoms with Gasteiger partial charge in [0.15, 0.2) is 18.3 Å². The predicted molar refractivity (Wildman–Crippen MR) is 105 cm³/mol. The average Bonchev–Trinajstić information content (AvgIpc) is 2.65. The van der Waals surface area contributed by atoms with Gasteiger partial charge in [0.05, 0.1) is 21.8 Å². The van der Waals surface area contributed by atoms with E-state index in [1.807, 2.05) is 6.07 Å². The summed E-state index contributed by atoms with van der Waals surface area (Å²) < 4.78 is 15.6. The zero-order valence-corrected chi connectivity index (χ0v) is 17.5. The third-order valence-electron chi connectivity index (χ3n) is 3.78. The highest BCUT2D eigenvalue weighted by molar-refractivity contribution is 8.17. The van der Waals surface area contributed by atoms with Crippen LogP contribution in [0.2, 0.25) is 0 Å². The summed E-state index contributed by atoms with van der Waals surface area (Å²) in [6, 6.07) is 8.73. The number of rotatable bonds is 5. The zero-order chi connectivity index (χ0) is 21.6. The third-order valence-corrected chi connectivity index (χ3v) is 6.70. The summed E-state index contributed by atoms with van der Waals surface area (Å²) in [6.07, 6.45) is -2.67. The van der Waals surface area contributed by atoms with E-state index in [4.69, 9.17) is 19.5 Å². The Morgan fingerprint density at radius 2 is 1.62 bits per heavy atom. The van der Waals surface area contributed by atoms with Crippen LogP contribution in [0.5, 0.6) is 0 Å². The van der Waals surface area contributed by atoms with Crippen molar-refractivity contribution in [2.24, 2.45) is 0 Å². The Morgan fingerprint density at radius 3 is 2.17 bits per heavy atom. The molecule has 0 bridgehead atoms. The highest BCUT2D eigenvalue weighted by Crippen LogP contribution is 2.42. The first kappa shape index (κ1) is 22.6. The molecule has 1 saturated heterocycles. The van der Waals surface area contributed by atoms with Gasteiger partial charge in [-0.1, -0.05) is 0 Å². The lowest BCUT2D eigenvalue weighted by Gasteiger charge is -2.40. The van der Waals surface area contributed by atoms with Crippen molar-refractivity contribution in [1.82, 2.24) is 0 Å². The van der Waals surface area contributed by atoms with Crippen molar-refractivity contribution in [1.29, 1.82) is 10.5 Å². The van der Waals surface area contributed by atoms with Crippen LogP contribution in [0.1, 0.15) is 31.9 Å². The first-order valence-corrected chi connectivity index (χ1v) is 10.4. The summed E-state index contributed by atoms with van der Waals surface area (Å²) in [7, 11) is 0. The Kier molecular flexibility index (Phi) is 7.94. The molecule has 1 aromatic rings. The minimum atomic E-state index is -0.983. The number of nitriles is 2. The number of nitrogens with zero attached hydrogens (tertiary/aromatic N) is 2. The zero-order valence-electron chi connectivity index (χ0n) is 15.9. The van der Waals surface area contributed by atoms with E-state index in [2.05, 4.69) is 6.07 Å². The molecule has 10 heteroatoms. The van der Waals surface area contributed by atoms with Crippen LogP contribution >= 0.6 is 23.5 Å². The van der Waals surface area contributed by atoms with Crippen molar-refractivity contribution in [2.45, 2.75) is 48.6 Å². The molecule has 0 unspecified atom stereocenters.